The van der Waals surface area contributed by atoms with Gasteiger partial charge in [0.2, 0.25) is 5.82 Å². The summed E-state index contributed by atoms with van der Waals surface area (Å²) in [7, 11) is 0. The van der Waals surface area contributed by atoms with Crippen molar-refractivity contribution in [2.75, 3.05) is 13.2 Å². The number of rotatable bonds is 1. The molecule has 2 N–H and O–H groups in total. The molecule has 2 aliphatic rings. The molecule has 6 nitrogen and oxygen atoms in total. The predicted octanol–water partition coefficient (Wildman–Crippen LogP) is -0.279. The lowest BCUT2D eigenvalue weighted by atomic mass is 9.98. The van der Waals surface area contributed by atoms with E-state index in [1.807, 2.05) is 0 Å². The molecule has 3 rings (SSSR count). The third kappa shape index (κ3) is 1.23. The van der Waals surface area contributed by atoms with Gasteiger partial charge in [0.25, 0.3) is 5.91 Å². The van der Waals surface area contributed by atoms with Gasteiger partial charge in [-0.15, -0.1) is 0 Å². The van der Waals surface area contributed by atoms with Crippen molar-refractivity contribution in [3.8, 4) is 0 Å². The zero-order valence-corrected chi connectivity index (χ0v) is 8.60. The fourth-order valence-electron chi connectivity index (χ4n) is 2.16. The maximum atomic E-state index is 11.0. The Kier molecular flexibility index (Phi) is 1.95. The first-order valence-electron chi connectivity index (χ1n) is 5.09. The lowest BCUT2D eigenvalue weighted by molar-refractivity contribution is -0.0442. The van der Waals surface area contributed by atoms with Gasteiger partial charge in [0.1, 0.15) is 5.60 Å². The number of fused-ring (bicyclic) bond motifs is 2. The molecule has 1 aromatic heterocycles. The van der Waals surface area contributed by atoms with Gasteiger partial charge in [-0.05, 0) is 0 Å². The van der Waals surface area contributed by atoms with Crippen LogP contribution in [0.15, 0.2) is 6.20 Å². The van der Waals surface area contributed by atoms with Crippen molar-refractivity contribution < 1.29 is 14.3 Å². The second-order valence-electron chi connectivity index (χ2n) is 4.02. The predicted molar refractivity (Wildman–Crippen MR) is 52.5 cm³/mol. The van der Waals surface area contributed by atoms with Crippen LogP contribution in [-0.2, 0) is 21.7 Å². The Bertz CT molecular complexity index is 455. The number of nitrogens with two attached hydrogens (primary N) is 1. The largest absolute Gasteiger partial charge is 0.378 e. The summed E-state index contributed by atoms with van der Waals surface area (Å²) in [6, 6.07) is 0. The fraction of sp³-hybridized carbons (Fsp3) is 0.500. The first-order chi connectivity index (χ1) is 7.71. The van der Waals surface area contributed by atoms with Crippen molar-refractivity contribution >= 4 is 5.91 Å². The minimum Gasteiger partial charge on any atom is -0.378 e. The molecule has 16 heavy (non-hydrogen) atoms. The molecular formula is C10H11N3O3. The molecule has 0 radical (unpaired) electrons. The van der Waals surface area contributed by atoms with E-state index >= 15 is 0 Å². The van der Waals surface area contributed by atoms with E-state index in [4.69, 9.17) is 15.2 Å². The smallest absolute Gasteiger partial charge is 0.286 e. The van der Waals surface area contributed by atoms with Crippen LogP contribution in [0.5, 0.6) is 0 Å². The van der Waals surface area contributed by atoms with Crippen LogP contribution in [0.4, 0.5) is 0 Å². The van der Waals surface area contributed by atoms with Crippen molar-refractivity contribution in [3.63, 3.8) is 0 Å². The molecule has 6 heteroatoms. The topological polar surface area (TPSA) is 87.3 Å². The molecule has 0 saturated carbocycles. The highest BCUT2D eigenvalue weighted by molar-refractivity contribution is 5.88. The van der Waals surface area contributed by atoms with Gasteiger partial charge in [0.15, 0.2) is 0 Å². The van der Waals surface area contributed by atoms with E-state index in [2.05, 4.69) is 9.97 Å². The zero-order valence-electron chi connectivity index (χ0n) is 8.60. The highest BCUT2D eigenvalue weighted by atomic mass is 16.6. The Morgan fingerprint density at radius 1 is 1.56 bits per heavy atom. The third-order valence-corrected chi connectivity index (χ3v) is 3.01. The van der Waals surface area contributed by atoms with Crippen LogP contribution in [0.25, 0.3) is 0 Å². The van der Waals surface area contributed by atoms with Crippen molar-refractivity contribution in [3.05, 3.63) is 23.3 Å². The summed E-state index contributed by atoms with van der Waals surface area (Å²) in [5, 5.41) is 0. The maximum absolute atomic E-state index is 11.0. The molecule has 3 heterocycles. The summed E-state index contributed by atoms with van der Waals surface area (Å²) >= 11 is 0. The highest BCUT2D eigenvalue weighted by Gasteiger charge is 2.45. The van der Waals surface area contributed by atoms with Gasteiger partial charge in [-0.3, -0.25) is 4.79 Å². The first kappa shape index (κ1) is 9.68. The second-order valence-corrected chi connectivity index (χ2v) is 4.02. The Hall–Kier alpha value is -1.53. The lowest BCUT2D eigenvalue weighted by Gasteiger charge is -2.20. The van der Waals surface area contributed by atoms with Crippen LogP contribution < -0.4 is 5.73 Å². The minimum atomic E-state index is -0.622. The summed E-state index contributed by atoms with van der Waals surface area (Å²) in [5.41, 5.74) is 6.35. The number of nitrogens with zero attached hydrogens (tertiary/aromatic N) is 2. The summed E-state index contributed by atoms with van der Waals surface area (Å²) in [6.07, 6.45) is 2.37. The molecule has 2 aliphatic heterocycles. The molecular weight excluding hydrogens is 210 g/mol. The van der Waals surface area contributed by atoms with Crippen molar-refractivity contribution in [2.45, 2.75) is 18.6 Å². The van der Waals surface area contributed by atoms with Crippen LogP contribution in [-0.4, -0.2) is 29.1 Å². The van der Waals surface area contributed by atoms with E-state index in [0.717, 1.165) is 17.7 Å². The van der Waals surface area contributed by atoms with Crippen LogP contribution in [0.2, 0.25) is 0 Å². The molecule has 0 aromatic carbocycles. The third-order valence-electron chi connectivity index (χ3n) is 3.01. The number of hydrogen-bond acceptors (Lipinski definition) is 5. The van der Waals surface area contributed by atoms with Gasteiger partial charge >= 0.3 is 0 Å². The van der Waals surface area contributed by atoms with Gasteiger partial charge in [0.05, 0.1) is 18.9 Å². The van der Waals surface area contributed by atoms with Crippen molar-refractivity contribution in [1.29, 1.82) is 0 Å². The Morgan fingerprint density at radius 2 is 2.44 bits per heavy atom. The van der Waals surface area contributed by atoms with Gasteiger partial charge in [0, 0.05) is 24.8 Å². The maximum Gasteiger partial charge on any atom is 0.286 e. The number of ether oxygens (including phenoxy) is 2. The minimum absolute atomic E-state index is 0.0375. The molecule has 1 fully saturated rings. The van der Waals surface area contributed by atoms with Gasteiger partial charge in [-0.25, -0.2) is 9.97 Å². The Labute approximate surface area is 91.8 Å². The number of aromatic nitrogens is 2. The monoisotopic (exact) mass is 221 g/mol. The Morgan fingerprint density at radius 3 is 3.12 bits per heavy atom. The van der Waals surface area contributed by atoms with Gasteiger partial charge in [-0.2, -0.15) is 0 Å². The normalized spacial score (nSPS) is 27.2. The van der Waals surface area contributed by atoms with E-state index in [0.29, 0.717) is 19.8 Å². The quantitative estimate of drug-likeness (QED) is 0.704. The highest BCUT2D eigenvalue weighted by Crippen LogP contribution is 2.40. The van der Waals surface area contributed by atoms with Crippen molar-refractivity contribution in [1.82, 2.24) is 9.97 Å². The number of hydrogen-bond donors (Lipinski definition) is 1. The molecule has 1 amide bonds. The van der Waals surface area contributed by atoms with Crippen LogP contribution in [0.3, 0.4) is 0 Å². The second kappa shape index (κ2) is 3.23. The van der Waals surface area contributed by atoms with Crippen LogP contribution in [0.1, 0.15) is 28.3 Å². The molecule has 0 bridgehead atoms. The zero-order chi connectivity index (χ0) is 11.2. The number of primary amides is 1. The van der Waals surface area contributed by atoms with Gasteiger partial charge in [-0.1, -0.05) is 0 Å². The Balaban J connectivity index is 2.09. The van der Waals surface area contributed by atoms with Crippen molar-refractivity contribution in [2.24, 2.45) is 5.73 Å². The molecule has 1 spiro atoms. The molecule has 1 unspecified atom stereocenters. The first-order valence-corrected chi connectivity index (χ1v) is 5.09. The number of carbonyl (C=O) groups is 1. The van der Waals surface area contributed by atoms with E-state index in [1.54, 1.807) is 6.20 Å². The average Bonchev–Trinajstić information content (AvgIpc) is 2.88. The van der Waals surface area contributed by atoms with E-state index < -0.39 is 11.5 Å². The summed E-state index contributed by atoms with van der Waals surface area (Å²) in [6.45, 7) is 1.60. The molecule has 1 aromatic rings. The van der Waals surface area contributed by atoms with E-state index in [-0.39, 0.29) is 5.82 Å². The number of carbonyl (C=O) groups excluding carboxylic acids is 1. The SMILES string of the molecule is NC(=O)c1ncc2c(n1)C1(CCOC1)OC2. The fourth-order valence-corrected chi connectivity index (χ4v) is 2.16. The van der Waals surface area contributed by atoms with Gasteiger partial charge < -0.3 is 15.2 Å². The molecule has 1 saturated heterocycles. The lowest BCUT2D eigenvalue weighted by Crippen LogP contribution is -2.28. The molecule has 84 valence electrons. The molecule has 0 aliphatic carbocycles. The summed E-state index contributed by atoms with van der Waals surface area (Å²) in [5.74, 6) is -0.584. The van der Waals surface area contributed by atoms with Crippen LogP contribution in [0, 0.1) is 0 Å². The summed E-state index contributed by atoms with van der Waals surface area (Å²) in [4.78, 5) is 19.1. The standard InChI is InChI=1S/C10H11N3O3/c11-8(14)9-12-3-6-4-16-10(7(6)13-9)1-2-15-5-10/h3H,1-2,4-5H2,(H2,11,14). The van der Waals surface area contributed by atoms with Crippen LogP contribution >= 0.6 is 0 Å². The average molecular weight is 221 g/mol. The molecule has 1 atom stereocenters. The summed E-state index contributed by atoms with van der Waals surface area (Å²) < 4.78 is 11.1. The number of amides is 1. The van der Waals surface area contributed by atoms with E-state index in [9.17, 15) is 4.79 Å². The van der Waals surface area contributed by atoms with E-state index in [1.165, 1.54) is 0 Å².